The maximum atomic E-state index is 9.40. The van der Waals surface area contributed by atoms with Gasteiger partial charge in [0.05, 0.1) is 49.3 Å². The molecular weight excluding hydrogens is 753 g/mol. The Morgan fingerprint density at radius 1 is 0.604 bits per heavy atom. The van der Waals surface area contributed by atoms with Gasteiger partial charge in [0.2, 0.25) is 0 Å². The number of nitriles is 2. The van der Waals surface area contributed by atoms with Gasteiger partial charge in [-0.05, 0) is 84.4 Å². The highest BCUT2D eigenvalue weighted by atomic mass is 32.1. The Kier molecular flexibility index (Phi) is 8.50. The molecule has 53 heavy (non-hydrogen) atoms. The van der Waals surface area contributed by atoms with Gasteiger partial charge in [-0.3, -0.25) is 0 Å². The fourth-order valence-electron chi connectivity index (χ4n) is 9.36. The van der Waals surface area contributed by atoms with Gasteiger partial charge >= 0.3 is 0 Å². The predicted octanol–water partition coefficient (Wildman–Crippen LogP) is 13.4. The van der Waals surface area contributed by atoms with Crippen molar-refractivity contribution in [1.82, 2.24) is 0 Å². The minimum Gasteiger partial charge on any atom is -0.495 e. The Labute approximate surface area is 329 Å². The number of thiophene rings is 5. The Morgan fingerprint density at radius 2 is 1.02 bits per heavy atom. The number of hydrogen-bond donors (Lipinski definition) is 0. The highest BCUT2D eigenvalue weighted by molar-refractivity contribution is 7.30. The molecule has 5 aromatic rings. The lowest BCUT2D eigenvalue weighted by Crippen LogP contribution is -2.34. The first kappa shape index (κ1) is 34.3. The van der Waals surface area contributed by atoms with Crippen LogP contribution in [-0.4, -0.2) is 14.2 Å². The van der Waals surface area contributed by atoms with Crippen molar-refractivity contribution >= 4 is 68.8 Å². The zero-order valence-electron chi connectivity index (χ0n) is 29.2. The van der Waals surface area contributed by atoms with Crippen LogP contribution in [-0.2, 0) is 10.8 Å². The van der Waals surface area contributed by atoms with Crippen molar-refractivity contribution in [3.05, 3.63) is 90.5 Å². The van der Waals surface area contributed by atoms with E-state index in [-0.39, 0.29) is 22.2 Å². The summed E-state index contributed by atoms with van der Waals surface area (Å²) in [5.74, 6) is 1.57. The second-order valence-corrected chi connectivity index (χ2v) is 19.4. The Bertz CT molecular complexity index is 2360. The molecule has 9 rings (SSSR count). The predicted molar refractivity (Wildman–Crippen MR) is 219 cm³/mol. The lowest BCUT2D eigenvalue weighted by molar-refractivity contribution is 0.326. The summed E-state index contributed by atoms with van der Waals surface area (Å²) in [6, 6.07) is 12.8. The lowest BCUT2D eigenvalue weighted by Gasteiger charge is -2.41. The molecule has 0 N–H and O–H groups in total. The largest absolute Gasteiger partial charge is 0.495 e. The molecule has 5 heterocycles. The summed E-state index contributed by atoms with van der Waals surface area (Å²) in [5.41, 5.74) is 6.43. The molecule has 5 aromatic heterocycles. The first-order chi connectivity index (χ1) is 25.9. The van der Waals surface area contributed by atoms with Crippen molar-refractivity contribution < 1.29 is 9.47 Å². The first-order valence-corrected chi connectivity index (χ1v) is 21.8. The fraction of sp³-hybridized carbons (Fsp3) is 0.333. The normalized spacial score (nSPS) is 17.7. The Hall–Kier alpha value is -4.46. The topological polar surface area (TPSA) is 74.8 Å². The molecule has 2 spiro atoms. The molecule has 0 aliphatic heterocycles. The molecular formula is C42H32N4O2S5. The second kappa shape index (κ2) is 13.1. The van der Waals surface area contributed by atoms with Gasteiger partial charge in [-0.2, -0.15) is 0 Å². The molecule has 6 nitrogen and oxygen atoms in total. The van der Waals surface area contributed by atoms with E-state index in [4.69, 9.17) is 22.6 Å². The highest BCUT2D eigenvalue weighted by Gasteiger charge is 2.56. The van der Waals surface area contributed by atoms with Crippen molar-refractivity contribution in [3.63, 3.8) is 0 Å². The molecule has 0 amide bonds. The SMILES string of the molecule is [C-]#[N+]/C(C#N)=C\c1cc(OC)c(-c2cc3c(s2)-c2sc4c(c2C32CCCCC2)C2(CCCCC2)c2cc(-c3sc(/C=C(\C#N)[N+]#[C-])cc3OC)sc2-4)s1. The Balaban J connectivity index is 1.22. The van der Waals surface area contributed by atoms with E-state index < -0.39 is 0 Å². The van der Waals surface area contributed by atoms with Crippen LogP contribution in [0.15, 0.2) is 35.7 Å². The molecule has 0 aromatic carbocycles. The summed E-state index contributed by atoms with van der Waals surface area (Å²) in [6.45, 7) is 14.7. The third kappa shape index (κ3) is 5.06. The molecule has 4 aliphatic carbocycles. The van der Waals surface area contributed by atoms with Gasteiger partial charge in [-0.15, -0.1) is 56.7 Å². The fourth-order valence-corrected chi connectivity index (χ4v) is 16.0. The molecule has 0 atom stereocenters. The second-order valence-electron chi connectivity index (χ2n) is 14.1. The van der Waals surface area contributed by atoms with Crippen molar-refractivity contribution in [2.45, 2.75) is 75.0 Å². The Morgan fingerprint density at radius 3 is 1.38 bits per heavy atom. The maximum absolute atomic E-state index is 9.40. The van der Waals surface area contributed by atoms with Gasteiger partial charge in [0.15, 0.2) is 0 Å². The number of hydrogen-bond acceptors (Lipinski definition) is 9. The summed E-state index contributed by atoms with van der Waals surface area (Å²) < 4.78 is 11.8. The van der Waals surface area contributed by atoms with Crippen LogP contribution in [0.2, 0.25) is 0 Å². The van der Waals surface area contributed by atoms with Gasteiger partial charge in [-0.1, -0.05) is 38.5 Å². The zero-order valence-corrected chi connectivity index (χ0v) is 33.3. The zero-order chi connectivity index (χ0) is 36.5. The quantitative estimate of drug-likeness (QED) is 0.127. The van der Waals surface area contributed by atoms with Crippen molar-refractivity contribution in [3.8, 4) is 62.7 Å². The molecule has 11 heteroatoms. The van der Waals surface area contributed by atoms with Crippen LogP contribution in [0.4, 0.5) is 0 Å². The molecule has 0 radical (unpaired) electrons. The molecule has 0 unspecified atom stereocenters. The van der Waals surface area contributed by atoms with Crippen molar-refractivity contribution in [1.29, 1.82) is 10.5 Å². The molecule has 0 saturated heterocycles. The van der Waals surface area contributed by atoms with Crippen LogP contribution in [0.3, 0.4) is 0 Å². The smallest absolute Gasteiger partial charge is 0.263 e. The van der Waals surface area contributed by atoms with Gasteiger partial charge in [0.1, 0.15) is 11.5 Å². The molecule has 4 aliphatic rings. The third-order valence-electron chi connectivity index (χ3n) is 11.5. The average molecular weight is 785 g/mol. The minimum absolute atomic E-state index is 0.00797. The number of nitrogens with zero attached hydrogens (tertiary/aromatic N) is 4. The van der Waals surface area contributed by atoms with E-state index >= 15 is 0 Å². The van der Waals surface area contributed by atoms with Crippen molar-refractivity contribution in [2.24, 2.45) is 0 Å². The van der Waals surface area contributed by atoms with E-state index in [0.717, 1.165) is 31.0 Å². The van der Waals surface area contributed by atoms with Gasteiger partial charge in [0.25, 0.3) is 11.4 Å². The van der Waals surface area contributed by atoms with Gasteiger partial charge in [-0.25, -0.2) is 20.2 Å². The number of fused-ring (bicyclic) bond motifs is 11. The monoisotopic (exact) mass is 784 g/mol. The summed E-state index contributed by atoms with van der Waals surface area (Å²) >= 11 is 8.96. The van der Waals surface area contributed by atoms with Crippen LogP contribution in [0, 0.1) is 35.8 Å². The molecule has 2 fully saturated rings. The number of ether oxygens (including phenoxy) is 2. The van der Waals surface area contributed by atoms with Gasteiger partial charge < -0.3 is 9.47 Å². The molecule has 262 valence electrons. The van der Waals surface area contributed by atoms with Gasteiger partial charge in [0, 0.05) is 49.8 Å². The summed E-state index contributed by atoms with van der Waals surface area (Å²) in [6.07, 6.45) is 15.5. The van der Waals surface area contributed by atoms with E-state index in [1.54, 1.807) is 60.2 Å². The summed E-state index contributed by atoms with van der Waals surface area (Å²) in [4.78, 5) is 18.7. The minimum atomic E-state index is 0.00797. The highest BCUT2D eigenvalue weighted by Crippen LogP contribution is 2.71. The average Bonchev–Trinajstić information content (AvgIpc) is 4.05. The lowest BCUT2D eigenvalue weighted by atomic mass is 9.61. The van der Waals surface area contributed by atoms with E-state index in [9.17, 15) is 10.5 Å². The molecule has 2 saturated carbocycles. The molecule has 0 bridgehead atoms. The maximum Gasteiger partial charge on any atom is 0.263 e. The summed E-state index contributed by atoms with van der Waals surface area (Å²) in [5, 5.41) is 18.8. The number of methoxy groups -OCH3 is 2. The van der Waals surface area contributed by atoms with E-state index in [0.29, 0.717) is 0 Å². The van der Waals surface area contributed by atoms with Crippen LogP contribution >= 0.6 is 56.7 Å². The van der Waals surface area contributed by atoms with Crippen molar-refractivity contribution in [2.75, 3.05) is 14.2 Å². The van der Waals surface area contributed by atoms with E-state index in [1.165, 1.54) is 105 Å². The van der Waals surface area contributed by atoms with Crippen LogP contribution in [0.1, 0.15) is 96.2 Å². The van der Waals surface area contributed by atoms with E-state index in [1.807, 2.05) is 58.3 Å². The number of allylic oxidation sites excluding steroid dienone is 2. The van der Waals surface area contributed by atoms with Crippen LogP contribution in [0.5, 0.6) is 11.5 Å². The summed E-state index contributed by atoms with van der Waals surface area (Å²) in [7, 11) is 3.39. The van der Waals surface area contributed by atoms with Crippen LogP contribution in [0.25, 0.3) is 60.9 Å². The van der Waals surface area contributed by atoms with E-state index in [2.05, 4.69) is 21.8 Å². The first-order valence-electron chi connectivity index (χ1n) is 17.7. The van der Waals surface area contributed by atoms with Crippen LogP contribution < -0.4 is 9.47 Å². The third-order valence-corrected chi connectivity index (χ3v) is 17.8. The number of rotatable bonds is 6. The standard InChI is InChI=1S/C42H32N4O2S5/c1-45-23(21-43)15-25-17-29(47-3)37(49-25)31-19-27-35(51-31)39-33(41(27)11-7-5-8-12-41)34-40(53-39)36-28(42(34)13-9-6-10-14-42)20-32(52-36)38-30(48-4)18-26(50-38)16-24(22-44)46-2/h15-20H,5-14H2,3-4H3/b23-15-,24-16+.